The van der Waals surface area contributed by atoms with Crippen molar-refractivity contribution in [2.45, 2.75) is 25.5 Å². The molecule has 2 N–H and O–H groups in total. The second-order valence-corrected chi connectivity index (χ2v) is 6.33. The van der Waals surface area contributed by atoms with Gasteiger partial charge < -0.3 is 19.9 Å². The number of aliphatic hydroxyl groups is 1. The lowest BCUT2D eigenvalue weighted by Crippen LogP contribution is -2.46. The Labute approximate surface area is 142 Å². The van der Waals surface area contributed by atoms with Gasteiger partial charge in [0, 0.05) is 45.0 Å². The van der Waals surface area contributed by atoms with Crippen LogP contribution in [0.1, 0.15) is 30.3 Å². The molecule has 0 aliphatic carbocycles. The minimum atomic E-state index is -0.644. The molecular formula is C18H24N4O2. The van der Waals surface area contributed by atoms with Crippen molar-refractivity contribution in [2.75, 3.05) is 13.1 Å². The second kappa shape index (κ2) is 7.49. The van der Waals surface area contributed by atoms with E-state index >= 15 is 0 Å². The Morgan fingerprint density at radius 1 is 1.42 bits per heavy atom. The number of benzene rings is 1. The summed E-state index contributed by atoms with van der Waals surface area (Å²) < 4.78 is 1.83. The van der Waals surface area contributed by atoms with Crippen LogP contribution in [0.15, 0.2) is 42.7 Å². The first-order chi connectivity index (χ1) is 11.6. The monoisotopic (exact) mass is 328 g/mol. The normalized spacial score (nSPS) is 19.1. The summed E-state index contributed by atoms with van der Waals surface area (Å²) in [6.45, 7) is 1.79. The molecule has 2 atom stereocenters. The summed E-state index contributed by atoms with van der Waals surface area (Å²) in [5.41, 5.74) is 1.08. The van der Waals surface area contributed by atoms with Gasteiger partial charge in [-0.05, 0) is 18.4 Å². The van der Waals surface area contributed by atoms with E-state index in [2.05, 4.69) is 10.3 Å². The molecule has 0 bridgehead atoms. The minimum Gasteiger partial charge on any atom is -0.385 e. The Bertz CT molecular complexity index is 671. The minimum absolute atomic E-state index is 0.0160. The van der Waals surface area contributed by atoms with E-state index in [9.17, 15) is 9.90 Å². The summed E-state index contributed by atoms with van der Waals surface area (Å²) in [6.07, 6.45) is 4.66. The maximum Gasteiger partial charge on any atom is 0.317 e. The van der Waals surface area contributed by atoms with Crippen molar-refractivity contribution in [1.82, 2.24) is 19.8 Å². The van der Waals surface area contributed by atoms with Gasteiger partial charge in [0.2, 0.25) is 0 Å². The van der Waals surface area contributed by atoms with Crippen molar-refractivity contribution in [2.24, 2.45) is 13.0 Å². The van der Waals surface area contributed by atoms with Crippen LogP contribution >= 0.6 is 0 Å². The summed E-state index contributed by atoms with van der Waals surface area (Å²) in [5, 5.41) is 13.5. The number of carbonyl (C=O) groups excluding carboxylic acids is 1. The van der Waals surface area contributed by atoms with Crippen molar-refractivity contribution in [1.29, 1.82) is 0 Å². The maximum atomic E-state index is 12.4. The third kappa shape index (κ3) is 3.76. The first-order valence-corrected chi connectivity index (χ1v) is 8.37. The van der Waals surface area contributed by atoms with Crippen molar-refractivity contribution in [3.05, 3.63) is 54.1 Å². The number of nitrogens with one attached hydrogen (secondary N) is 1. The van der Waals surface area contributed by atoms with Gasteiger partial charge >= 0.3 is 6.03 Å². The Morgan fingerprint density at radius 3 is 2.92 bits per heavy atom. The Morgan fingerprint density at radius 2 is 2.21 bits per heavy atom. The summed E-state index contributed by atoms with van der Waals surface area (Å²) >= 11 is 0. The van der Waals surface area contributed by atoms with Crippen molar-refractivity contribution < 1.29 is 9.90 Å². The fraction of sp³-hybridized carbons (Fsp3) is 0.444. The van der Waals surface area contributed by atoms with E-state index in [1.807, 2.05) is 48.1 Å². The second-order valence-electron chi connectivity index (χ2n) is 6.33. The standard InChI is InChI=1S/C18H24N4O2/c1-21-11-9-19-17(21)16(23)15-8-5-10-22(13-15)18(24)20-12-14-6-3-2-4-7-14/h2-4,6-7,9,11,15-16,23H,5,8,10,12-13H2,1H3,(H,20,24). The molecule has 1 aliphatic rings. The van der Waals surface area contributed by atoms with Gasteiger partial charge in [-0.2, -0.15) is 0 Å². The van der Waals surface area contributed by atoms with Crippen LogP contribution < -0.4 is 5.32 Å². The number of urea groups is 1. The number of aliphatic hydroxyl groups excluding tert-OH is 1. The summed E-state index contributed by atoms with van der Waals surface area (Å²) in [6, 6.07) is 9.78. The van der Waals surface area contributed by atoms with Crippen LogP contribution in [0, 0.1) is 5.92 Å². The van der Waals surface area contributed by atoms with Gasteiger partial charge in [0.15, 0.2) is 0 Å². The Kier molecular flexibility index (Phi) is 5.15. The predicted molar refractivity (Wildman–Crippen MR) is 91.1 cm³/mol. The van der Waals surface area contributed by atoms with E-state index in [0.717, 1.165) is 24.9 Å². The molecule has 24 heavy (non-hydrogen) atoms. The van der Waals surface area contributed by atoms with Crippen molar-refractivity contribution in [3.63, 3.8) is 0 Å². The first-order valence-electron chi connectivity index (χ1n) is 8.37. The number of piperidine rings is 1. The highest BCUT2D eigenvalue weighted by atomic mass is 16.3. The van der Waals surface area contributed by atoms with Gasteiger partial charge in [0.25, 0.3) is 0 Å². The lowest BCUT2D eigenvalue weighted by molar-refractivity contribution is 0.0532. The van der Waals surface area contributed by atoms with Crippen LogP contribution in [-0.4, -0.2) is 38.7 Å². The van der Waals surface area contributed by atoms with Crippen LogP contribution in [0.5, 0.6) is 0 Å². The molecule has 2 unspecified atom stereocenters. The van der Waals surface area contributed by atoms with E-state index in [-0.39, 0.29) is 11.9 Å². The van der Waals surface area contributed by atoms with Gasteiger partial charge in [-0.1, -0.05) is 30.3 Å². The molecule has 1 aromatic carbocycles. The number of hydrogen-bond donors (Lipinski definition) is 2. The fourth-order valence-corrected chi connectivity index (χ4v) is 3.21. The number of carbonyl (C=O) groups is 1. The summed E-state index contributed by atoms with van der Waals surface area (Å²) in [5.74, 6) is 0.675. The third-order valence-corrected chi connectivity index (χ3v) is 4.60. The van der Waals surface area contributed by atoms with Crippen LogP contribution in [0.4, 0.5) is 4.79 Å². The Balaban J connectivity index is 1.57. The van der Waals surface area contributed by atoms with Gasteiger partial charge in [-0.3, -0.25) is 0 Å². The largest absolute Gasteiger partial charge is 0.385 e. The number of hydrogen-bond acceptors (Lipinski definition) is 3. The quantitative estimate of drug-likeness (QED) is 0.903. The van der Waals surface area contributed by atoms with Crippen LogP contribution in [0.25, 0.3) is 0 Å². The highest BCUT2D eigenvalue weighted by molar-refractivity contribution is 5.74. The molecule has 0 radical (unpaired) electrons. The lowest BCUT2D eigenvalue weighted by atomic mass is 9.92. The third-order valence-electron chi connectivity index (χ3n) is 4.60. The molecule has 1 aliphatic heterocycles. The first kappa shape index (κ1) is 16.5. The van der Waals surface area contributed by atoms with E-state index < -0.39 is 6.10 Å². The molecule has 2 amide bonds. The highest BCUT2D eigenvalue weighted by Crippen LogP contribution is 2.28. The molecule has 0 spiro atoms. The topological polar surface area (TPSA) is 70.4 Å². The smallest absolute Gasteiger partial charge is 0.317 e. The number of amides is 2. The molecule has 1 fully saturated rings. The van der Waals surface area contributed by atoms with E-state index in [4.69, 9.17) is 0 Å². The van der Waals surface area contributed by atoms with E-state index in [1.165, 1.54) is 0 Å². The number of imidazole rings is 1. The molecule has 3 rings (SSSR count). The van der Waals surface area contributed by atoms with Crippen LogP contribution in [0.3, 0.4) is 0 Å². The fourth-order valence-electron chi connectivity index (χ4n) is 3.21. The molecule has 6 nitrogen and oxygen atoms in total. The number of likely N-dealkylation sites (tertiary alicyclic amines) is 1. The zero-order valence-electron chi connectivity index (χ0n) is 13.9. The zero-order valence-corrected chi connectivity index (χ0v) is 13.9. The molecular weight excluding hydrogens is 304 g/mol. The molecule has 1 aromatic heterocycles. The van der Waals surface area contributed by atoms with Crippen molar-refractivity contribution in [3.8, 4) is 0 Å². The van der Waals surface area contributed by atoms with Gasteiger partial charge in [-0.25, -0.2) is 9.78 Å². The van der Waals surface area contributed by atoms with Crippen LogP contribution in [0.2, 0.25) is 0 Å². The number of aryl methyl sites for hydroxylation is 1. The highest BCUT2D eigenvalue weighted by Gasteiger charge is 2.30. The lowest BCUT2D eigenvalue weighted by Gasteiger charge is -2.34. The van der Waals surface area contributed by atoms with E-state index in [1.54, 1.807) is 11.1 Å². The average Bonchev–Trinajstić information content (AvgIpc) is 3.06. The molecule has 1 saturated heterocycles. The molecule has 128 valence electrons. The maximum absolute atomic E-state index is 12.4. The number of rotatable bonds is 4. The molecule has 2 aromatic rings. The molecule has 2 heterocycles. The van der Waals surface area contributed by atoms with Crippen LogP contribution in [-0.2, 0) is 13.6 Å². The van der Waals surface area contributed by atoms with Gasteiger partial charge in [-0.15, -0.1) is 0 Å². The summed E-state index contributed by atoms with van der Waals surface area (Å²) in [4.78, 5) is 18.4. The zero-order chi connectivity index (χ0) is 16.9. The number of aromatic nitrogens is 2. The van der Waals surface area contributed by atoms with Gasteiger partial charge in [0.1, 0.15) is 11.9 Å². The SMILES string of the molecule is Cn1ccnc1C(O)C1CCCN(C(=O)NCc2ccccc2)C1. The average molecular weight is 328 g/mol. The van der Waals surface area contributed by atoms with Gasteiger partial charge in [0.05, 0.1) is 0 Å². The number of nitrogens with zero attached hydrogens (tertiary/aromatic N) is 3. The molecule has 0 saturated carbocycles. The molecule has 6 heteroatoms. The Hall–Kier alpha value is -2.34. The summed E-state index contributed by atoms with van der Waals surface area (Å²) in [7, 11) is 1.87. The predicted octanol–water partition coefficient (Wildman–Crippen LogP) is 2.08. The van der Waals surface area contributed by atoms with Crippen molar-refractivity contribution >= 4 is 6.03 Å². The van der Waals surface area contributed by atoms with E-state index in [0.29, 0.717) is 18.9 Å².